The number of benzene rings is 1. The summed E-state index contributed by atoms with van der Waals surface area (Å²) in [5.41, 5.74) is 0.885. The van der Waals surface area contributed by atoms with Crippen LogP contribution >= 0.6 is 23.4 Å². The normalized spacial score (nSPS) is 11.0. The molecule has 0 saturated heterocycles. The number of nitrogens with zero attached hydrogens (tertiary/aromatic N) is 2. The zero-order chi connectivity index (χ0) is 15.2. The second-order valence-corrected chi connectivity index (χ2v) is 6.04. The summed E-state index contributed by atoms with van der Waals surface area (Å²) >= 11 is 7.73. The smallest absolute Gasteiger partial charge is 0.313 e. The van der Waals surface area contributed by atoms with Crippen LogP contribution in [0.4, 0.5) is 0 Å². The number of aromatic amines is 1. The Morgan fingerprint density at radius 3 is 2.90 bits per heavy atom. The summed E-state index contributed by atoms with van der Waals surface area (Å²) < 4.78 is 1.59. The van der Waals surface area contributed by atoms with Gasteiger partial charge in [-0.25, -0.2) is 9.89 Å². The van der Waals surface area contributed by atoms with Crippen LogP contribution in [0.25, 0.3) is 0 Å². The van der Waals surface area contributed by atoms with Crippen molar-refractivity contribution in [3.8, 4) is 0 Å². The van der Waals surface area contributed by atoms with Crippen LogP contribution in [0.1, 0.15) is 25.8 Å². The Hall–Kier alpha value is -1.24. The van der Waals surface area contributed by atoms with Gasteiger partial charge < -0.3 is 5.32 Å². The zero-order valence-corrected chi connectivity index (χ0v) is 13.7. The maximum atomic E-state index is 11.5. The predicted molar refractivity (Wildman–Crippen MR) is 86.1 cm³/mol. The molecule has 0 amide bonds. The van der Waals surface area contributed by atoms with Crippen molar-refractivity contribution in [2.45, 2.75) is 43.4 Å². The van der Waals surface area contributed by atoms with Crippen molar-refractivity contribution >= 4 is 23.4 Å². The van der Waals surface area contributed by atoms with Gasteiger partial charge in [0.05, 0.1) is 0 Å². The maximum Gasteiger partial charge on any atom is 0.343 e. The Morgan fingerprint density at radius 1 is 1.43 bits per heavy atom. The predicted octanol–water partition coefficient (Wildman–Crippen LogP) is 2.90. The molecule has 0 aliphatic heterocycles. The van der Waals surface area contributed by atoms with Crippen molar-refractivity contribution < 1.29 is 0 Å². The lowest BCUT2D eigenvalue weighted by Crippen LogP contribution is -2.16. The number of hydrogen-bond acceptors (Lipinski definition) is 4. The van der Waals surface area contributed by atoms with E-state index in [4.69, 9.17) is 11.6 Å². The third kappa shape index (κ3) is 4.12. The molecule has 1 aromatic carbocycles. The largest absolute Gasteiger partial charge is 0.343 e. The lowest BCUT2D eigenvalue weighted by atomic mass is 10.2. The van der Waals surface area contributed by atoms with E-state index in [2.05, 4.69) is 22.4 Å². The van der Waals surface area contributed by atoms with E-state index < -0.39 is 0 Å². The molecule has 5 nitrogen and oxygen atoms in total. The molecular formula is C14H19ClN4OS. The molecular weight excluding hydrogens is 308 g/mol. The van der Waals surface area contributed by atoms with Crippen LogP contribution in [-0.4, -0.2) is 21.3 Å². The summed E-state index contributed by atoms with van der Waals surface area (Å²) in [6, 6.07) is 5.92. The number of halogens is 1. The van der Waals surface area contributed by atoms with E-state index in [1.807, 2.05) is 25.1 Å². The highest BCUT2D eigenvalue weighted by molar-refractivity contribution is 7.99. The first-order chi connectivity index (χ1) is 10.2. The summed E-state index contributed by atoms with van der Waals surface area (Å²) in [7, 11) is 0. The molecule has 0 saturated carbocycles. The lowest BCUT2D eigenvalue weighted by Gasteiger charge is -2.08. The van der Waals surface area contributed by atoms with Gasteiger partial charge in [-0.2, -0.15) is 0 Å². The third-order valence-electron chi connectivity index (χ3n) is 3.02. The number of aromatic nitrogens is 3. The number of H-pyrrole nitrogens is 1. The fraction of sp³-hybridized carbons (Fsp3) is 0.429. The molecule has 0 fully saturated rings. The van der Waals surface area contributed by atoms with E-state index in [9.17, 15) is 4.79 Å². The van der Waals surface area contributed by atoms with E-state index in [1.54, 1.807) is 4.57 Å². The Morgan fingerprint density at radius 2 is 2.24 bits per heavy atom. The first kappa shape index (κ1) is 16.1. The van der Waals surface area contributed by atoms with Crippen LogP contribution in [0.15, 0.2) is 33.0 Å². The van der Waals surface area contributed by atoms with Crippen LogP contribution < -0.4 is 11.0 Å². The Labute approximate surface area is 133 Å². The molecule has 2 N–H and O–H groups in total. The number of nitrogens with one attached hydrogen (secondary N) is 2. The topological polar surface area (TPSA) is 62.7 Å². The minimum atomic E-state index is -0.188. The van der Waals surface area contributed by atoms with E-state index in [0.717, 1.165) is 35.0 Å². The Bertz CT molecular complexity index is 653. The fourth-order valence-corrected chi connectivity index (χ4v) is 3.15. The van der Waals surface area contributed by atoms with Gasteiger partial charge in [-0.3, -0.25) is 4.57 Å². The quantitative estimate of drug-likeness (QED) is 0.768. The van der Waals surface area contributed by atoms with E-state index >= 15 is 0 Å². The molecule has 0 atom stereocenters. The third-order valence-corrected chi connectivity index (χ3v) is 4.35. The van der Waals surface area contributed by atoms with Gasteiger partial charge in [-0.15, -0.1) is 5.10 Å². The molecule has 0 aliphatic rings. The highest BCUT2D eigenvalue weighted by atomic mass is 35.5. The van der Waals surface area contributed by atoms with Crippen molar-refractivity contribution in [3.05, 3.63) is 39.3 Å². The van der Waals surface area contributed by atoms with Crippen LogP contribution in [0, 0.1) is 0 Å². The van der Waals surface area contributed by atoms with Crippen molar-refractivity contribution in [2.75, 3.05) is 6.54 Å². The van der Waals surface area contributed by atoms with Gasteiger partial charge in [-0.05, 0) is 49.3 Å². The van der Waals surface area contributed by atoms with Gasteiger partial charge in [0.2, 0.25) is 0 Å². The maximum absolute atomic E-state index is 11.5. The number of hydrogen-bond donors (Lipinski definition) is 2. The first-order valence-electron chi connectivity index (χ1n) is 6.97. The van der Waals surface area contributed by atoms with Gasteiger partial charge in [-0.1, -0.05) is 24.6 Å². The van der Waals surface area contributed by atoms with Gasteiger partial charge in [0.1, 0.15) is 0 Å². The summed E-state index contributed by atoms with van der Waals surface area (Å²) in [4.78, 5) is 12.5. The number of rotatable bonds is 7. The average Bonchev–Trinajstić information content (AvgIpc) is 2.81. The van der Waals surface area contributed by atoms with Gasteiger partial charge >= 0.3 is 5.69 Å². The average molecular weight is 327 g/mol. The summed E-state index contributed by atoms with van der Waals surface area (Å²) in [5, 5.41) is 11.2. The second-order valence-electron chi connectivity index (χ2n) is 4.59. The monoisotopic (exact) mass is 326 g/mol. The van der Waals surface area contributed by atoms with Gasteiger partial charge in [0.25, 0.3) is 0 Å². The fourth-order valence-electron chi connectivity index (χ4n) is 1.90. The molecule has 0 spiro atoms. The molecule has 1 aromatic heterocycles. The van der Waals surface area contributed by atoms with Crippen molar-refractivity contribution in [2.24, 2.45) is 0 Å². The molecule has 0 unspecified atom stereocenters. The van der Waals surface area contributed by atoms with Crippen molar-refractivity contribution in [1.82, 2.24) is 20.1 Å². The van der Waals surface area contributed by atoms with E-state index in [-0.39, 0.29) is 5.69 Å². The van der Waals surface area contributed by atoms with E-state index in [0.29, 0.717) is 11.7 Å². The Balaban J connectivity index is 2.11. The molecule has 0 radical (unpaired) electrons. The summed E-state index contributed by atoms with van der Waals surface area (Å²) in [6.07, 6.45) is 1.10. The summed E-state index contributed by atoms with van der Waals surface area (Å²) in [5.74, 6) is 0. The SMILES string of the molecule is CCCNCc1ccc(Sc2n[nH]c(=O)n2CC)cc1Cl. The molecule has 21 heavy (non-hydrogen) atoms. The molecule has 1 heterocycles. The standard InChI is InChI=1S/C14H19ClN4OS/c1-3-7-16-9-10-5-6-11(8-12(10)15)21-14-18-17-13(20)19(14)4-2/h5-6,8,16H,3-4,7,9H2,1-2H3,(H,17,20). The van der Waals surface area contributed by atoms with Crippen LogP contribution in [-0.2, 0) is 13.1 Å². The highest BCUT2D eigenvalue weighted by Gasteiger charge is 2.09. The van der Waals surface area contributed by atoms with Gasteiger partial charge in [0, 0.05) is 23.0 Å². The lowest BCUT2D eigenvalue weighted by molar-refractivity contribution is 0.660. The minimum Gasteiger partial charge on any atom is -0.313 e. The van der Waals surface area contributed by atoms with Crippen LogP contribution in [0.2, 0.25) is 5.02 Å². The van der Waals surface area contributed by atoms with Crippen molar-refractivity contribution in [1.29, 1.82) is 0 Å². The minimum absolute atomic E-state index is 0.188. The zero-order valence-electron chi connectivity index (χ0n) is 12.1. The molecule has 0 aliphatic carbocycles. The van der Waals surface area contributed by atoms with Crippen LogP contribution in [0.5, 0.6) is 0 Å². The molecule has 0 bridgehead atoms. The second kappa shape index (κ2) is 7.68. The van der Waals surface area contributed by atoms with Gasteiger partial charge in [0.15, 0.2) is 5.16 Å². The first-order valence-corrected chi connectivity index (χ1v) is 8.17. The van der Waals surface area contributed by atoms with E-state index in [1.165, 1.54) is 11.8 Å². The molecule has 7 heteroatoms. The molecule has 114 valence electrons. The Kier molecular flexibility index (Phi) is 5.90. The van der Waals surface area contributed by atoms with Crippen molar-refractivity contribution in [3.63, 3.8) is 0 Å². The highest BCUT2D eigenvalue weighted by Crippen LogP contribution is 2.29. The summed E-state index contributed by atoms with van der Waals surface area (Å²) in [6.45, 7) is 6.37. The molecule has 2 aromatic rings. The molecule has 2 rings (SSSR count). The van der Waals surface area contributed by atoms with Crippen LogP contribution in [0.3, 0.4) is 0 Å².